The van der Waals surface area contributed by atoms with Gasteiger partial charge in [0, 0.05) is 37.4 Å². The fourth-order valence-corrected chi connectivity index (χ4v) is 2.89. The minimum Gasteiger partial charge on any atom is -0.381 e. The molecule has 0 saturated carbocycles. The molecule has 0 spiro atoms. The van der Waals surface area contributed by atoms with E-state index >= 15 is 0 Å². The van der Waals surface area contributed by atoms with E-state index in [0.29, 0.717) is 25.4 Å². The van der Waals surface area contributed by atoms with Gasteiger partial charge in [-0.15, -0.1) is 0 Å². The molecule has 21 heavy (non-hydrogen) atoms. The Labute approximate surface area is 124 Å². The number of nitrogens with one attached hydrogen (secondary N) is 2. The molecule has 3 rings (SSSR count). The van der Waals surface area contributed by atoms with Gasteiger partial charge in [0.15, 0.2) is 0 Å². The molecule has 0 aliphatic carbocycles. The van der Waals surface area contributed by atoms with E-state index < -0.39 is 0 Å². The zero-order valence-electron chi connectivity index (χ0n) is 12.0. The molecule has 0 aromatic heterocycles. The zero-order valence-corrected chi connectivity index (χ0v) is 12.0. The van der Waals surface area contributed by atoms with Crippen LogP contribution in [0, 0.1) is 5.92 Å². The second kappa shape index (κ2) is 6.26. The summed E-state index contributed by atoms with van der Waals surface area (Å²) >= 11 is 0. The number of aryl methyl sites for hydroxylation is 1. The van der Waals surface area contributed by atoms with Gasteiger partial charge in [-0.3, -0.25) is 9.59 Å². The van der Waals surface area contributed by atoms with Crippen LogP contribution < -0.4 is 10.6 Å². The summed E-state index contributed by atoms with van der Waals surface area (Å²) in [4.78, 5) is 23.5. The Morgan fingerprint density at radius 2 is 2.29 bits per heavy atom. The summed E-state index contributed by atoms with van der Waals surface area (Å²) in [7, 11) is 0. The average Bonchev–Trinajstić information content (AvgIpc) is 2.47. The molecule has 1 fully saturated rings. The molecule has 1 aromatic carbocycles. The summed E-state index contributed by atoms with van der Waals surface area (Å²) < 4.78 is 5.39. The second-order valence-electron chi connectivity index (χ2n) is 5.76. The lowest BCUT2D eigenvalue weighted by molar-refractivity contribution is -0.118. The van der Waals surface area contributed by atoms with Crippen LogP contribution in [0.1, 0.15) is 31.2 Å². The van der Waals surface area contributed by atoms with Gasteiger partial charge in [-0.2, -0.15) is 0 Å². The molecule has 5 nitrogen and oxygen atoms in total. The van der Waals surface area contributed by atoms with Crippen LogP contribution in [0.3, 0.4) is 0 Å². The van der Waals surface area contributed by atoms with E-state index in [-0.39, 0.29) is 11.8 Å². The van der Waals surface area contributed by atoms with Crippen molar-refractivity contribution in [2.45, 2.75) is 32.1 Å². The molecule has 2 aliphatic rings. The molecule has 5 heteroatoms. The second-order valence-corrected chi connectivity index (χ2v) is 5.76. The molecule has 1 aromatic rings. The van der Waals surface area contributed by atoms with Crippen LogP contribution in [-0.4, -0.2) is 25.0 Å². The normalized spacial score (nSPS) is 21.3. The van der Waals surface area contributed by atoms with Crippen molar-refractivity contribution in [2.75, 3.05) is 23.8 Å². The Hall–Kier alpha value is -1.88. The number of hydrogen-bond donors (Lipinski definition) is 2. The molecule has 2 aliphatic heterocycles. The van der Waals surface area contributed by atoms with Crippen LogP contribution in [0.25, 0.3) is 0 Å². The molecular formula is C16H20N2O3. The van der Waals surface area contributed by atoms with Gasteiger partial charge in [0.1, 0.15) is 0 Å². The number of fused-ring (bicyclic) bond motifs is 1. The number of carbonyl (C=O) groups is 2. The largest absolute Gasteiger partial charge is 0.381 e. The van der Waals surface area contributed by atoms with Crippen molar-refractivity contribution < 1.29 is 14.3 Å². The van der Waals surface area contributed by atoms with Gasteiger partial charge < -0.3 is 15.4 Å². The maximum atomic E-state index is 12.1. The van der Waals surface area contributed by atoms with Gasteiger partial charge in [0.05, 0.1) is 0 Å². The molecule has 1 saturated heterocycles. The highest BCUT2D eigenvalue weighted by molar-refractivity contribution is 5.96. The van der Waals surface area contributed by atoms with Crippen molar-refractivity contribution in [1.82, 2.24) is 0 Å². The standard InChI is InChI=1S/C16H20N2O3/c19-15-6-4-12-3-5-13(9-14(12)18-15)17-16(20)8-11-2-1-7-21-10-11/h3,5,9,11H,1-2,4,6-8,10H2,(H,17,20)(H,18,19). The minimum atomic E-state index is 0.00702. The fourth-order valence-electron chi connectivity index (χ4n) is 2.89. The molecular weight excluding hydrogens is 268 g/mol. The summed E-state index contributed by atoms with van der Waals surface area (Å²) in [6.45, 7) is 1.48. The Morgan fingerprint density at radius 1 is 1.38 bits per heavy atom. The predicted octanol–water partition coefficient (Wildman–Crippen LogP) is 2.33. The van der Waals surface area contributed by atoms with E-state index in [0.717, 1.165) is 42.8 Å². The first-order chi connectivity index (χ1) is 10.2. The third-order valence-electron chi connectivity index (χ3n) is 4.02. The topological polar surface area (TPSA) is 67.4 Å². The smallest absolute Gasteiger partial charge is 0.224 e. The van der Waals surface area contributed by atoms with Crippen LogP contribution in [0.5, 0.6) is 0 Å². The highest BCUT2D eigenvalue weighted by Crippen LogP contribution is 2.26. The van der Waals surface area contributed by atoms with Crippen LogP contribution in [-0.2, 0) is 20.7 Å². The SMILES string of the molecule is O=C(CC1CCCOC1)Nc1ccc2c(c1)NC(=O)CC2. The predicted molar refractivity (Wildman–Crippen MR) is 80.2 cm³/mol. The first-order valence-corrected chi connectivity index (χ1v) is 7.51. The minimum absolute atomic E-state index is 0.00702. The third-order valence-corrected chi connectivity index (χ3v) is 4.02. The lowest BCUT2D eigenvalue weighted by atomic mass is 9.98. The monoisotopic (exact) mass is 288 g/mol. The summed E-state index contributed by atoms with van der Waals surface area (Å²) in [6.07, 6.45) is 3.86. The Kier molecular flexibility index (Phi) is 4.20. The Morgan fingerprint density at radius 3 is 3.10 bits per heavy atom. The van der Waals surface area contributed by atoms with Crippen molar-refractivity contribution in [3.05, 3.63) is 23.8 Å². The highest BCUT2D eigenvalue weighted by Gasteiger charge is 2.19. The third kappa shape index (κ3) is 3.61. The maximum absolute atomic E-state index is 12.1. The number of carbonyl (C=O) groups excluding carboxylic acids is 2. The van der Waals surface area contributed by atoms with Crippen molar-refractivity contribution in [3.63, 3.8) is 0 Å². The van der Waals surface area contributed by atoms with E-state index in [1.807, 2.05) is 18.2 Å². The number of rotatable bonds is 3. The average molecular weight is 288 g/mol. The Bertz CT molecular complexity index is 550. The van der Waals surface area contributed by atoms with Gasteiger partial charge in [-0.1, -0.05) is 6.07 Å². The van der Waals surface area contributed by atoms with E-state index in [2.05, 4.69) is 10.6 Å². The van der Waals surface area contributed by atoms with E-state index in [1.54, 1.807) is 0 Å². The van der Waals surface area contributed by atoms with Gasteiger partial charge >= 0.3 is 0 Å². The molecule has 1 atom stereocenters. The maximum Gasteiger partial charge on any atom is 0.224 e. The molecule has 1 unspecified atom stereocenters. The molecule has 2 heterocycles. The first-order valence-electron chi connectivity index (χ1n) is 7.51. The van der Waals surface area contributed by atoms with Crippen molar-refractivity contribution in [2.24, 2.45) is 5.92 Å². The number of benzene rings is 1. The van der Waals surface area contributed by atoms with Crippen molar-refractivity contribution in [1.29, 1.82) is 0 Å². The number of hydrogen-bond acceptors (Lipinski definition) is 3. The van der Waals surface area contributed by atoms with E-state index in [1.165, 1.54) is 0 Å². The van der Waals surface area contributed by atoms with Gasteiger partial charge in [0.25, 0.3) is 0 Å². The van der Waals surface area contributed by atoms with Crippen LogP contribution in [0.4, 0.5) is 11.4 Å². The summed E-state index contributed by atoms with van der Waals surface area (Å²) in [6, 6.07) is 5.70. The molecule has 0 radical (unpaired) electrons. The van der Waals surface area contributed by atoms with E-state index in [9.17, 15) is 9.59 Å². The first kappa shape index (κ1) is 14.1. The molecule has 2 amide bonds. The van der Waals surface area contributed by atoms with Crippen molar-refractivity contribution in [3.8, 4) is 0 Å². The van der Waals surface area contributed by atoms with Gasteiger partial charge in [-0.05, 0) is 42.9 Å². The van der Waals surface area contributed by atoms with Crippen LogP contribution >= 0.6 is 0 Å². The number of amides is 2. The summed E-state index contributed by atoms with van der Waals surface area (Å²) in [5.74, 6) is 0.356. The zero-order chi connectivity index (χ0) is 14.7. The lowest BCUT2D eigenvalue weighted by Gasteiger charge is -2.22. The van der Waals surface area contributed by atoms with Gasteiger partial charge in [-0.25, -0.2) is 0 Å². The summed E-state index contributed by atoms with van der Waals surface area (Å²) in [5, 5.41) is 5.75. The molecule has 112 valence electrons. The van der Waals surface area contributed by atoms with Gasteiger partial charge in [0.2, 0.25) is 11.8 Å². The number of ether oxygens (including phenoxy) is 1. The Balaban J connectivity index is 1.60. The fraction of sp³-hybridized carbons (Fsp3) is 0.500. The van der Waals surface area contributed by atoms with Crippen LogP contribution in [0.15, 0.2) is 18.2 Å². The lowest BCUT2D eigenvalue weighted by Crippen LogP contribution is -2.24. The van der Waals surface area contributed by atoms with Crippen LogP contribution in [0.2, 0.25) is 0 Å². The van der Waals surface area contributed by atoms with E-state index in [4.69, 9.17) is 4.74 Å². The summed E-state index contributed by atoms with van der Waals surface area (Å²) in [5.41, 5.74) is 2.66. The number of anilines is 2. The quantitative estimate of drug-likeness (QED) is 0.897. The molecule has 0 bridgehead atoms. The van der Waals surface area contributed by atoms with Crippen molar-refractivity contribution >= 4 is 23.2 Å². The highest BCUT2D eigenvalue weighted by atomic mass is 16.5. The molecule has 2 N–H and O–H groups in total.